The second-order valence-electron chi connectivity index (χ2n) is 7.08. The maximum absolute atomic E-state index is 12.7. The smallest absolute Gasteiger partial charge is 0.319 e. The number of hydrogen-bond acceptors (Lipinski definition) is 2. The summed E-state index contributed by atoms with van der Waals surface area (Å²) in [4.78, 5) is 24.5. The lowest BCUT2D eigenvalue weighted by Crippen LogP contribution is -2.30. The van der Waals surface area contributed by atoms with Crippen molar-refractivity contribution in [3.63, 3.8) is 0 Å². The molecule has 0 radical (unpaired) electrons. The van der Waals surface area contributed by atoms with E-state index in [0.717, 1.165) is 43.4 Å². The zero-order chi connectivity index (χ0) is 17.9. The number of benzene rings is 2. The van der Waals surface area contributed by atoms with Crippen LogP contribution in [0.3, 0.4) is 0 Å². The molecule has 0 aromatic heterocycles. The molecule has 1 fully saturated rings. The van der Waals surface area contributed by atoms with E-state index in [4.69, 9.17) is 0 Å². The molecule has 2 aromatic rings. The van der Waals surface area contributed by atoms with Gasteiger partial charge in [-0.15, -0.1) is 0 Å². The minimum absolute atomic E-state index is 0.0318. The summed E-state index contributed by atoms with van der Waals surface area (Å²) in [7, 11) is 0. The summed E-state index contributed by atoms with van der Waals surface area (Å²) < 4.78 is 0. The maximum Gasteiger partial charge on any atom is 0.319 e. The van der Waals surface area contributed by atoms with E-state index in [9.17, 15) is 9.59 Å². The van der Waals surface area contributed by atoms with Gasteiger partial charge in [0.2, 0.25) is 5.91 Å². The highest BCUT2D eigenvalue weighted by molar-refractivity contribution is 5.96. The second kappa shape index (κ2) is 7.20. The number of urea groups is 1. The van der Waals surface area contributed by atoms with Gasteiger partial charge in [0.25, 0.3) is 0 Å². The highest BCUT2D eigenvalue weighted by Gasteiger charge is 2.26. The summed E-state index contributed by atoms with van der Waals surface area (Å²) in [6.07, 6.45) is 5.08. The Morgan fingerprint density at radius 3 is 2.27 bits per heavy atom. The van der Waals surface area contributed by atoms with Crippen LogP contribution in [0.1, 0.15) is 42.7 Å². The molecule has 1 unspecified atom stereocenters. The van der Waals surface area contributed by atoms with Crippen LogP contribution < -0.4 is 16.0 Å². The Bertz CT molecular complexity index is 812. The van der Waals surface area contributed by atoms with E-state index < -0.39 is 0 Å². The molecular weight excluding hydrogens is 326 g/mol. The number of nitrogens with one attached hydrogen (secondary N) is 3. The fourth-order valence-corrected chi connectivity index (χ4v) is 3.47. The van der Waals surface area contributed by atoms with Gasteiger partial charge in [-0.2, -0.15) is 0 Å². The molecule has 134 valence electrons. The molecule has 0 heterocycles. The first-order chi connectivity index (χ1) is 12.7. The third kappa shape index (κ3) is 3.87. The molecule has 0 aliphatic heterocycles. The number of carbonyl (C=O) groups excluding carboxylic acids is 2. The molecule has 2 aromatic carbocycles. The minimum Gasteiger partial charge on any atom is -0.335 e. The fraction of sp³-hybridized carbons (Fsp3) is 0.333. The van der Waals surface area contributed by atoms with Gasteiger partial charge in [0.05, 0.1) is 5.92 Å². The van der Waals surface area contributed by atoms with Crippen molar-refractivity contribution in [2.24, 2.45) is 0 Å². The summed E-state index contributed by atoms with van der Waals surface area (Å²) in [5, 5.41) is 8.70. The molecule has 0 bridgehead atoms. The van der Waals surface area contributed by atoms with Gasteiger partial charge < -0.3 is 16.0 Å². The summed E-state index contributed by atoms with van der Waals surface area (Å²) >= 11 is 0. The lowest BCUT2D eigenvalue weighted by Gasteiger charge is -2.24. The summed E-state index contributed by atoms with van der Waals surface area (Å²) in [6, 6.07) is 15.6. The molecule has 0 saturated heterocycles. The first kappa shape index (κ1) is 16.6. The van der Waals surface area contributed by atoms with Crippen LogP contribution >= 0.6 is 0 Å². The van der Waals surface area contributed by atoms with Gasteiger partial charge in [0, 0.05) is 17.4 Å². The molecule has 0 spiro atoms. The number of carbonyl (C=O) groups is 2. The highest BCUT2D eigenvalue weighted by Crippen LogP contribution is 2.32. The first-order valence-electron chi connectivity index (χ1n) is 9.25. The number of amides is 3. The lowest BCUT2D eigenvalue weighted by atomic mass is 9.82. The van der Waals surface area contributed by atoms with Crippen molar-refractivity contribution >= 4 is 23.3 Å². The number of aryl methyl sites for hydroxylation is 1. The molecule has 26 heavy (non-hydrogen) atoms. The zero-order valence-corrected chi connectivity index (χ0v) is 14.6. The number of fused-ring (bicyclic) bond motifs is 1. The average molecular weight is 349 g/mol. The Labute approximate surface area is 153 Å². The van der Waals surface area contributed by atoms with Gasteiger partial charge >= 0.3 is 6.03 Å². The van der Waals surface area contributed by atoms with Crippen LogP contribution in [0.5, 0.6) is 0 Å². The summed E-state index contributed by atoms with van der Waals surface area (Å²) in [5.74, 6) is -0.0635. The predicted octanol–water partition coefficient (Wildman–Crippen LogP) is 4.03. The van der Waals surface area contributed by atoms with Gasteiger partial charge in [-0.05, 0) is 67.5 Å². The van der Waals surface area contributed by atoms with E-state index in [2.05, 4.69) is 28.1 Å². The van der Waals surface area contributed by atoms with Crippen molar-refractivity contribution in [3.05, 3.63) is 59.7 Å². The van der Waals surface area contributed by atoms with Crippen LogP contribution in [-0.4, -0.2) is 18.0 Å². The monoisotopic (exact) mass is 349 g/mol. The van der Waals surface area contributed by atoms with Gasteiger partial charge in [-0.3, -0.25) is 4.79 Å². The topological polar surface area (TPSA) is 70.2 Å². The van der Waals surface area contributed by atoms with Crippen LogP contribution in [-0.2, 0) is 11.2 Å². The molecule has 2 aliphatic rings. The Hall–Kier alpha value is -2.82. The van der Waals surface area contributed by atoms with Crippen molar-refractivity contribution in [3.8, 4) is 0 Å². The number of hydrogen-bond donors (Lipinski definition) is 3. The second-order valence-corrected chi connectivity index (χ2v) is 7.08. The van der Waals surface area contributed by atoms with Crippen LogP contribution in [0.25, 0.3) is 0 Å². The molecule has 3 N–H and O–H groups in total. The molecule has 5 nitrogen and oxygen atoms in total. The first-order valence-corrected chi connectivity index (χ1v) is 9.25. The van der Waals surface area contributed by atoms with Gasteiger partial charge in [0.15, 0.2) is 0 Å². The van der Waals surface area contributed by atoms with E-state index in [1.165, 1.54) is 5.56 Å². The molecule has 4 rings (SSSR count). The Kier molecular flexibility index (Phi) is 4.61. The Morgan fingerprint density at radius 2 is 1.54 bits per heavy atom. The van der Waals surface area contributed by atoms with Crippen molar-refractivity contribution in [1.82, 2.24) is 5.32 Å². The van der Waals surface area contributed by atoms with Crippen LogP contribution in [0.2, 0.25) is 0 Å². The van der Waals surface area contributed by atoms with Gasteiger partial charge in [-0.1, -0.05) is 24.3 Å². The molecule has 1 atom stereocenters. The van der Waals surface area contributed by atoms with Crippen LogP contribution in [0.15, 0.2) is 48.5 Å². The van der Waals surface area contributed by atoms with Crippen molar-refractivity contribution in [2.75, 3.05) is 10.6 Å². The molecule has 1 saturated carbocycles. The van der Waals surface area contributed by atoms with E-state index in [0.29, 0.717) is 11.7 Å². The normalized spacial score (nSPS) is 18.5. The SMILES string of the molecule is O=C(Nc1ccc(NC(=O)C2CCCc3ccccc32)cc1)NC1CC1. The van der Waals surface area contributed by atoms with Crippen molar-refractivity contribution in [1.29, 1.82) is 0 Å². The third-order valence-electron chi connectivity index (χ3n) is 5.01. The number of anilines is 2. The average Bonchev–Trinajstić information content (AvgIpc) is 3.46. The summed E-state index contributed by atoms with van der Waals surface area (Å²) in [5.41, 5.74) is 3.88. The lowest BCUT2D eigenvalue weighted by molar-refractivity contribution is -0.117. The quantitative estimate of drug-likeness (QED) is 0.780. The zero-order valence-electron chi connectivity index (χ0n) is 14.6. The molecular formula is C21H23N3O2. The van der Waals surface area contributed by atoms with Gasteiger partial charge in [-0.25, -0.2) is 4.79 Å². The molecule has 2 aliphatic carbocycles. The summed E-state index contributed by atoms with van der Waals surface area (Å²) in [6.45, 7) is 0. The van der Waals surface area contributed by atoms with E-state index in [1.807, 2.05) is 24.3 Å². The highest BCUT2D eigenvalue weighted by atomic mass is 16.2. The van der Waals surface area contributed by atoms with Crippen molar-refractivity contribution in [2.45, 2.75) is 44.1 Å². The predicted molar refractivity (Wildman–Crippen MR) is 102 cm³/mol. The number of rotatable bonds is 4. The standard InChI is InChI=1S/C21H23N3O2/c25-20(19-7-3-5-14-4-1-2-6-18(14)19)22-15-8-10-16(11-9-15)23-21(26)24-17-12-13-17/h1-2,4,6,8-11,17,19H,3,5,7,12-13H2,(H,22,25)(H2,23,24,26). The molecule has 3 amide bonds. The third-order valence-corrected chi connectivity index (χ3v) is 5.01. The van der Waals surface area contributed by atoms with Crippen molar-refractivity contribution < 1.29 is 9.59 Å². The maximum atomic E-state index is 12.7. The van der Waals surface area contributed by atoms with Crippen LogP contribution in [0.4, 0.5) is 16.2 Å². The molecule has 5 heteroatoms. The van der Waals surface area contributed by atoms with E-state index in [1.54, 1.807) is 12.1 Å². The minimum atomic E-state index is -0.178. The van der Waals surface area contributed by atoms with E-state index in [-0.39, 0.29) is 17.9 Å². The van der Waals surface area contributed by atoms with Crippen LogP contribution in [0, 0.1) is 0 Å². The van der Waals surface area contributed by atoms with E-state index >= 15 is 0 Å². The Balaban J connectivity index is 1.38. The fourth-order valence-electron chi connectivity index (χ4n) is 3.47. The largest absolute Gasteiger partial charge is 0.335 e. The van der Waals surface area contributed by atoms with Gasteiger partial charge in [0.1, 0.15) is 0 Å². The Morgan fingerprint density at radius 1 is 0.846 bits per heavy atom.